The van der Waals surface area contributed by atoms with Gasteiger partial charge in [0.1, 0.15) is 0 Å². The van der Waals surface area contributed by atoms with Crippen LogP contribution in [0.3, 0.4) is 0 Å². The second-order valence-electron chi connectivity index (χ2n) is 3.72. The van der Waals surface area contributed by atoms with Gasteiger partial charge in [0.15, 0.2) is 0 Å². The lowest BCUT2D eigenvalue weighted by molar-refractivity contribution is 0.102. The summed E-state index contributed by atoms with van der Waals surface area (Å²) in [7, 11) is 0. The molecule has 0 unspecified atom stereocenters. The molecule has 0 aliphatic carbocycles. The minimum absolute atomic E-state index is 0.161. The zero-order valence-corrected chi connectivity index (χ0v) is 9.32. The fraction of sp³-hybridized carbons (Fsp3) is 0.455. The highest BCUT2D eigenvalue weighted by Crippen LogP contribution is 2.19. The first kappa shape index (κ1) is 10.7. The predicted molar refractivity (Wildman–Crippen MR) is 62.3 cm³/mol. The summed E-state index contributed by atoms with van der Waals surface area (Å²) in [5.74, 6) is 0. The van der Waals surface area contributed by atoms with Crippen molar-refractivity contribution in [1.29, 1.82) is 0 Å². The standard InChI is InChI=1S/C11H15ClN2O/c12-10-1-3-11(4-2-10)14-7-5-13(9-15)6-8-14/h1-4,15H,5-9H2. The third kappa shape index (κ3) is 2.62. The van der Waals surface area contributed by atoms with Crippen LogP contribution >= 0.6 is 11.6 Å². The molecule has 1 aromatic carbocycles. The van der Waals surface area contributed by atoms with Crippen LogP contribution in [0.25, 0.3) is 0 Å². The molecule has 0 radical (unpaired) electrons. The maximum atomic E-state index is 8.97. The van der Waals surface area contributed by atoms with Gasteiger partial charge in [-0.1, -0.05) is 11.6 Å². The van der Waals surface area contributed by atoms with Crippen LogP contribution in [0.2, 0.25) is 5.02 Å². The Balaban J connectivity index is 1.98. The molecule has 2 rings (SSSR count). The van der Waals surface area contributed by atoms with Crippen LogP contribution in [0.15, 0.2) is 24.3 Å². The van der Waals surface area contributed by atoms with Crippen LogP contribution in [0.4, 0.5) is 5.69 Å². The Bertz CT molecular complexity index is 307. The van der Waals surface area contributed by atoms with Gasteiger partial charge in [-0.15, -0.1) is 0 Å². The first-order chi connectivity index (χ1) is 7.29. The highest BCUT2D eigenvalue weighted by molar-refractivity contribution is 6.30. The number of hydrogen-bond acceptors (Lipinski definition) is 3. The Kier molecular flexibility index (Phi) is 3.46. The van der Waals surface area contributed by atoms with E-state index in [1.54, 1.807) is 0 Å². The number of piperazine rings is 1. The molecule has 0 saturated carbocycles. The van der Waals surface area contributed by atoms with E-state index in [0.29, 0.717) is 0 Å². The predicted octanol–water partition coefficient (Wildman–Crippen LogP) is 1.41. The highest BCUT2D eigenvalue weighted by atomic mass is 35.5. The van der Waals surface area contributed by atoms with Crippen molar-refractivity contribution in [2.24, 2.45) is 0 Å². The van der Waals surface area contributed by atoms with Gasteiger partial charge in [0.05, 0.1) is 6.73 Å². The molecule has 0 amide bonds. The van der Waals surface area contributed by atoms with Gasteiger partial charge >= 0.3 is 0 Å². The Morgan fingerprint density at radius 2 is 1.67 bits per heavy atom. The van der Waals surface area contributed by atoms with Crippen molar-refractivity contribution in [3.05, 3.63) is 29.3 Å². The molecule has 1 aromatic rings. The largest absolute Gasteiger partial charge is 0.381 e. The average molecular weight is 227 g/mol. The smallest absolute Gasteiger partial charge is 0.0957 e. The molecule has 1 saturated heterocycles. The molecule has 0 bridgehead atoms. The van der Waals surface area contributed by atoms with E-state index >= 15 is 0 Å². The lowest BCUT2D eigenvalue weighted by Gasteiger charge is -2.35. The SMILES string of the molecule is OCN1CCN(c2ccc(Cl)cc2)CC1. The average Bonchev–Trinajstić information content (AvgIpc) is 2.30. The van der Waals surface area contributed by atoms with Crippen LogP contribution in [0.1, 0.15) is 0 Å². The van der Waals surface area contributed by atoms with E-state index in [9.17, 15) is 0 Å². The minimum atomic E-state index is 0.161. The number of halogens is 1. The molecule has 1 aliphatic rings. The number of anilines is 1. The van der Waals surface area contributed by atoms with E-state index in [0.717, 1.165) is 31.2 Å². The summed E-state index contributed by atoms with van der Waals surface area (Å²) in [6, 6.07) is 7.90. The molecule has 3 nitrogen and oxygen atoms in total. The van der Waals surface area contributed by atoms with Gasteiger partial charge in [0.2, 0.25) is 0 Å². The summed E-state index contributed by atoms with van der Waals surface area (Å²) in [6.07, 6.45) is 0. The molecule has 1 N–H and O–H groups in total. The molecule has 0 atom stereocenters. The molecule has 15 heavy (non-hydrogen) atoms. The molecule has 1 fully saturated rings. The van der Waals surface area contributed by atoms with Crippen LogP contribution < -0.4 is 4.90 Å². The van der Waals surface area contributed by atoms with E-state index in [4.69, 9.17) is 16.7 Å². The lowest BCUT2D eigenvalue weighted by Crippen LogP contribution is -2.46. The van der Waals surface area contributed by atoms with E-state index in [-0.39, 0.29) is 6.73 Å². The van der Waals surface area contributed by atoms with Gasteiger partial charge in [-0.2, -0.15) is 0 Å². The second-order valence-corrected chi connectivity index (χ2v) is 4.16. The number of benzene rings is 1. The number of rotatable bonds is 2. The van der Waals surface area contributed by atoms with Gasteiger partial charge in [0.25, 0.3) is 0 Å². The summed E-state index contributed by atoms with van der Waals surface area (Å²) in [5, 5.41) is 9.75. The normalized spacial score (nSPS) is 18.1. The van der Waals surface area contributed by atoms with Crippen LogP contribution in [0.5, 0.6) is 0 Å². The Hall–Kier alpha value is -0.770. The van der Waals surface area contributed by atoms with E-state index < -0.39 is 0 Å². The Labute approximate surface area is 94.9 Å². The van der Waals surface area contributed by atoms with Gasteiger partial charge < -0.3 is 10.0 Å². The van der Waals surface area contributed by atoms with E-state index in [2.05, 4.69) is 4.90 Å². The molecule has 0 aromatic heterocycles. The molecule has 1 heterocycles. The Morgan fingerprint density at radius 1 is 1.07 bits per heavy atom. The molecule has 4 heteroatoms. The number of aliphatic hydroxyl groups excluding tert-OH is 1. The van der Waals surface area contributed by atoms with Crippen molar-refractivity contribution in [2.45, 2.75) is 0 Å². The van der Waals surface area contributed by atoms with E-state index in [1.165, 1.54) is 5.69 Å². The highest BCUT2D eigenvalue weighted by Gasteiger charge is 2.15. The van der Waals surface area contributed by atoms with Crippen molar-refractivity contribution in [1.82, 2.24) is 4.90 Å². The number of aliphatic hydroxyl groups is 1. The van der Waals surface area contributed by atoms with Crippen LogP contribution in [0, 0.1) is 0 Å². The summed E-state index contributed by atoms with van der Waals surface area (Å²) in [4.78, 5) is 4.34. The first-order valence-corrected chi connectivity index (χ1v) is 5.51. The van der Waals surface area contributed by atoms with Gasteiger partial charge in [-0.25, -0.2) is 0 Å². The molecular weight excluding hydrogens is 212 g/mol. The maximum Gasteiger partial charge on any atom is 0.0957 e. The van der Waals surface area contributed by atoms with Gasteiger partial charge in [-0.3, -0.25) is 4.90 Å². The number of hydrogen-bond donors (Lipinski definition) is 1. The molecule has 82 valence electrons. The fourth-order valence-electron chi connectivity index (χ4n) is 1.80. The number of nitrogens with zero attached hydrogens (tertiary/aromatic N) is 2. The van der Waals surface area contributed by atoms with Crippen molar-refractivity contribution in [3.63, 3.8) is 0 Å². The third-order valence-corrected chi connectivity index (χ3v) is 3.02. The first-order valence-electron chi connectivity index (χ1n) is 5.13. The van der Waals surface area contributed by atoms with Crippen molar-refractivity contribution in [3.8, 4) is 0 Å². The summed E-state index contributed by atoms with van der Waals surface area (Å²) < 4.78 is 0. The topological polar surface area (TPSA) is 26.7 Å². The third-order valence-electron chi connectivity index (χ3n) is 2.76. The summed E-state index contributed by atoms with van der Waals surface area (Å²) in [6.45, 7) is 3.91. The van der Waals surface area contributed by atoms with Gasteiger partial charge in [-0.05, 0) is 24.3 Å². The van der Waals surface area contributed by atoms with Crippen molar-refractivity contribution < 1.29 is 5.11 Å². The summed E-state index contributed by atoms with van der Waals surface area (Å²) in [5.41, 5.74) is 1.21. The molecular formula is C11H15ClN2O. The summed E-state index contributed by atoms with van der Waals surface area (Å²) >= 11 is 5.84. The minimum Gasteiger partial charge on any atom is -0.381 e. The fourth-order valence-corrected chi connectivity index (χ4v) is 1.93. The lowest BCUT2D eigenvalue weighted by atomic mass is 10.2. The molecule has 0 spiro atoms. The monoisotopic (exact) mass is 226 g/mol. The zero-order valence-electron chi connectivity index (χ0n) is 8.56. The van der Waals surface area contributed by atoms with E-state index in [1.807, 2.05) is 29.2 Å². The maximum absolute atomic E-state index is 8.97. The van der Waals surface area contributed by atoms with Crippen LogP contribution in [-0.4, -0.2) is 42.9 Å². The van der Waals surface area contributed by atoms with Crippen molar-refractivity contribution >= 4 is 17.3 Å². The van der Waals surface area contributed by atoms with Crippen LogP contribution in [-0.2, 0) is 0 Å². The Morgan fingerprint density at radius 3 is 2.20 bits per heavy atom. The second kappa shape index (κ2) is 4.84. The quantitative estimate of drug-likeness (QED) is 0.826. The molecule has 1 aliphatic heterocycles. The zero-order chi connectivity index (χ0) is 10.7. The van der Waals surface area contributed by atoms with Crippen molar-refractivity contribution in [2.75, 3.05) is 37.8 Å². The van der Waals surface area contributed by atoms with Gasteiger partial charge in [0, 0.05) is 36.9 Å².